The number of carbonyl (C=O) groups excluding carboxylic acids is 2. The monoisotopic (exact) mass is 354 g/mol. The summed E-state index contributed by atoms with van der Waals surface area (Å²) in [6, 6.07) is 10.2. The molecule has 2 amide bonds. The van der Waals surface area contributed by atoms with Gasteiger partial charge < -0.3 is 20.1 Å². The molecule has 3 heterocycles. The van der Waals surface area contributed by atoms with Crippen molar-refractivity contribution in [2.75, 3.05) is 33.2 Å². The number of carbonyl (C=O) groups is 2. The number of para-hydroxylation sites is 1. The van der Waals surface area contributed by atoms with Gasteiger partial charge in [0.25, 0.3) is 5.91 Å². The lowest BCUT2D eigenvalue weighted by Gasteiger charge is -2.47. The Morgan fingerprint density at radius 3 is 2.96 bits per heavy atom. The number of fused-ring (bicyclic) bond motifs is 2. The van der Waals surface area contributed by atoms with E-state index in [-0.39, 0.29) is 17.9 Å². The molecule has 138 valence electrons. The largest absolute Gasteiger partial charge is 0.351 e. The molecule has 0 saturated carbocycles. The summed E-state index contributed by atoms with van der Waals surface area (Å²) in [4.78, 5) is 32.5. The topological polar surface area (TPSA) is 68.4 Å². The van der Waals surface area contributed by atoms with Crippen molar-refractivity contribution in [3.63, 3.8) is 0 Å². The molecule has 6 nitrogen and oxygen atoms in total. The number of nitrogens with zero attached hydrogens (tertiary/aromatic N) is 2. The predicted molar refractivity (Wildman–Crippen MR) is 101 cm³/mol. The Bertz CT molecular complexity index is 782. The number of amides is 2. The van der Waals surface area contributed by atoms with E-state index >= 15 is 0 Å². The molecular formula is C20H26N4O2. The van der Waals surface area contributed by atoms with E-state index < -0.39 is 0 Å². The van der Waals surface area contributed by atoms with Crippen molar-refractivity contribution in [1.29, 1.82) is 0 Å². The number of hydrogen-bond donors (Lipinski definition) is 2. The van der Waals surface area contributed by atoms with Gasteiger partial charge in [0.05, 0.1) is 0 Å². The van der Waals surface area contributed by atoms with Crippen LogP contribution in [0.25, 0.3) is 10.9 Å². The molecule has 2 aliphatic heterocycles. The maximum Gasteiger partial charge on any atom is 0.270 e. The lowest BCUT2D eigenvalue weighted by atomic mass is 9.83. The Balaban J connectivity index is 1.47. The first-order valence-electron chi connectivity index (χ1n) is 9.48. The minimum atomic E-state index is 0.0679. The van der Waals surface area contributed by atoms with Crippen LogP contribution in [-0.2, 0) is 4.79 Å². The van der Waals surface area contributed by atoms with Gasteiger partial charge in [-0.3, -0.25) is 9.59 Å². The maximum absolute atomic E-state index is 13.0. The van der Waals surface area contributed by atoms with E-state index in [0.29, 0.717) is 24.6 Å². The second-order valence-corrected chi connectivity index (χ2v) is 7.37. The fraction of sp³-hybridized carbons (Fsp3) is 0.500. The Labute approximate surface area is 153 Å². The molecule has 2 aromatic rings. The number of H-pyrrole nitrogens is 1. The van der Waals surface area contributed by atoms with Crippen molar-refractivity contribution in [3.05, 3.63) is 36.0 Å². The molecule has 1 aromatic heterocycles. The third-order valence-corrected chi connectivity index (χ3v) is 5.79. The van der Waals surface area contributed by atoms with Gasteiger partial charge in [-0.25, -0.2) is 0 Å². The van der Waals surface area contributed by atoms with Gasteiger partial charge in [-0.05, 0) is 37.9 Å². The summed E-state index contributed by atoms with van der Waals surface area (Å²) in [7, 11) is 1.91. The van der Waals surface area contributed by atoms with Crippen LogP contribution in [0.15, 0.2) is 30.3 Å². The number of benzene rings is 1. The fourth-order valence-corrected chi connectivity index (χ4v) is 4.42. The van der Waals surface area contributed by atoms with Crippen LogP contribution < -0.4 is 5.32 Å². The highest BCUT2D eigenvalue weighted by atomic mass is 16.2. The first-order chi connectivity index (χ1) is 12.7. The van der Waals surface area contributed by atoms with Crippen LogP contribution in [0.2, 0.25) is 0 Å². The molecule has 4 rings (SSSR count). The quantitative estimate of drug-likeness (QED) is 0.880. The Morgan fingerprint density at radius 2 is 2.15 bits per heavy atom. The number of likely N-dealkylation sites (N-methyl/N-ethyl adjacent to an activating group) is 1. The van der Waals surface area contributed by atoms with Gasteiger partial charge in [-0.15, -0.1) is 0 Å². The van der Waals surface area contributed by atoms with Crippen molar-refractivity contribution >= 4 is 22.7 Å². The predicted octanol–water partition coefficient (Wildman–Crippen LogP) is 1.84. The smallest absolute Gasteiger partial charge is 0.270 e. The van der Waals surface area contributed by atoms with Crippen LogP contribution >= 0.6 is 0 Å². The zero-order valence-electron chi connectivity index (χ0n) is 15.2. The highest BCUT2D eigenvalue weighted by Gasteiger charge is 2.40. The van der Waals surface area contributed by atoms with Crippen LogP contribution in [0, 0.1) is 5.92 Å². The molecule has 2 fully saturated rings. The zero-order valence-corrected chi connectivity index (χ0v) is 15.2. The zero-order chi connectivity index (χ0) is 18.1. The third-order valence-electron chi connectivity index (χ3n) is 5.79. The van der Waals surface area contributed by atoms with Gasteiger partial charge in [-0.2, -0.15) is 0 Å². The van der Waals surface area contributed by atoms with E-state index in [0.717, 1.165) is 43.4 Å². The standard InChI is InChI=1S/C20H26N4O2/c1-21-9-11-24-18-8-10-23(13-15(18)6-7-19(24)25)20(26)17-12-14-4-2-3-5-16(14)22-17/h2-5,12,15,18,21-22H,6-11,13H2,1H3/t15-,18+/m0/s1. The van der Waals surface area contributed by atoms with Gasteiger partial charge >= 0.3 is 0 Å². The summed E-state index contributed by atoms with van der Waals surface area (Å²) in [5.74, 6) is 0.710. The summed E-state index contributed by atoms with van der Waals surface area (Å²) in [5.41, 5.74) is 1.65. The number of piperidine rings is 2. The molecule has 0 bridgehead atoms. The average molecular weight is 354 g/mol. The van der Waals surface area contributed by atoms with Crippen molar-refractivity contribution < 1.29 is 9.59 Å². The minimum Gasteiger partial charge on any atom is -0.351 e. The Kier molecular flexibility index (Phi) is 4.68. The summed E-state index contributed by atoms with van der Waals surface area (Å²) < 4.78 is 0. The number of rotatable bonds is 4. The number of aromatic nitrogens is 1. The Morgan fingerprint density at radius 1 is 1.31 bits per heavy atom. The lowest BCUT2D eigenvalue weighted by Crippen LogP contribution is -2.57. The first kappa shape index (κ1) is 17.1. The van der Waals surface area contributed by atoms with Gasteiger partial charge in [0.2, 0.25) is 5.91 Å². The van der Waals surface area contributed by atoms with Crippen molar-refractivity contribution in [3.8, 4) is 0 Å². The highest BCUT2D eigenvalue weighted by molar-refractivity contribution is 5.98. The summed E-state index contributed by atoms with van der Waals surface area (Å²) in [6.45, 7) is 3.01. The summed E-state index contributed by atoms with van der Waals surface area (Å²) >= 11 is 0. The molecule has 1 aromatic carbocycles. The van der Waals surface area contributed by atoms with Gasteiger partial charge in [-0.1, -0.05) is 18.2 Å². The molecule has 6 heteroatoms. The van der Waals surface area contributed by atoms with Crippen LogP contribution in [-0.4, -0.2) is 65.9 Å². The molecule has 2 saturated heterocycles. The van der Waals surface area contributed by atoms with Crippen molar-refractivity contribution in [1.82, 2.24) is 20.1 Å². The molecule has 0 spiro atoms. The normalized spacial score (nSPS) is 23.3. The second kappa shape index (κ2) is 7.11. The van der Waals surface area contributed by atoms with E-state index in [1.54, 1.807) is 0 Å². The molecule has 0 unspecified atom stereocenters. The van der Waals surface area contributed by atoms with E-state index in [1.807, 2.05) is 47.2 Å². The number of nitrogens with one attached hydrogen (secondary N) is 2. The molecule has 2 atom stereocenters. The second-order valence-electron chi connectivity index (χ2n) is 7.37. The molecular weight excluding hydrogens is 328 g/mol. The Hall–Kier alpha value is -2.34. The van der Waals surface area contributed by atoms with Gasteiger partial charge in [0.15, 0.2) is 0 Å². The van der Waals surface area contributed by atoms with E-state index in [1.165, 1.54) is 0 Å². The molecule has 0 aliphatic carbocycles. The van der Waals surface area contributed by atoms with Crippen LogP contribution in [0.5, 0.6) is 0 Å². The lowest BCUT2D eigenvalue weighted by molar-refractivity contribution is -0.140. The molecule has 0 radical (unpaired) electrons. The first-order valence-corrected chi connectivity index (χ1v) is 9.48. The maximum atomic E-state index is 13.0. The van der Waals surface area contributed by atoms with E-state index in [2.05, 4.69) is 10.3 Å². The molecule has 2 aliphatic rings. The molecule has 2 N–H and O–H groups in total. The van der Waals surface area contributed by atoms with E-state index in [9.17, 15) is 9.59 Å². The average Bonchev–Trinajstić information content (AvgIpc) is 3.10. The highest BCUT2D eigenvalue weighted by Crippen LogP contribution is 2.31. The van der Waals surface area contributed by atoms with Crippen LogP contribution in [0.1, 0.15) is 29.8 Å². The SMILES string of the molecule is CNCCN1C(=O)CC[C@H]2CN(C(=O)c3cc4ccccc4[nH]3)CC[C@H]21. The van der Waals surface area contributed by atoms with Crippen LogP contribution in [0.4, 0.5) is 0 Å². The summed E-state index contributed by atoms with van der Waals surface area (Å²) in [5, 5.41) is 4.19. The number of likely N-dealkylation sites (tertiary alicyclic amines) is 2. The number of aromatic amines is 1. The van der Waals surface area contributed by atoms with Gasteiger partial charge in [0.1, 0.15) is 5.69 Å². The third kappa shape index (κ3) is 3.09. The van der Waals surface area contributed by atoms with Crippen molar-refractivity contribution in [2.24, 2.45) is 5.92 Å². The number of hydrogen-bond acceptors (Lipinski definition) is 3. The van der Waals surface area contributed by atoms with Crippen LogP contribution in [0.3, 0.4) is 0 Å². The van der Waals surface area contributed by atoms with Crippen molar-refractivity contribution in [2.45, 2.75) is 25.3 Å². The summed E-state index contributed by atoms with van der Waals surface area (Å²) in [6.07, 6.45) is 2.35. The van der Waals surface area contributed by atoms with E-state index in [4.69, 9.17) is 0 Å². The fourth-order valence-electron chi connectivity index (χ4n) is 4.42. The molecule has 26 heavy (non-hydrogen) atoms. The minimum absolute atomic E-state index is 0.0679. The van der Waals surface area contributed by atoms with Gasteiger partial charge in [0, 0.05) is 49.5 Å².